The highest BCUT2D eigenvalue weighted by molar-refractivity contribution is 4.98. The van der Waals surface area contributed by atoms with Gasteiger partial charge in [-0.3, -0.25) is 0 Å². The maximum atomic E-state index is 2.53. The quantitative estimate of drug-likeness (QED) is 0.437. The molecule has 3 atom stereocenters. The van der Waals surface area contributed by atoms with E-state index in [9.17, 15) is 0 Å². The Balaban J connectivity index is 5.57. The molecule has 0 saturated carbocycles. The lowest BCUT2D eigenvalue weighted by Crippen LogP contribution is -2.48. The van der Waals surface area contributed by atoms with E-state index in [1.807, 2.05) is 0 Å². The van der Waals surface area contributed by atoms with Crippen LogP contribution < -0.4 is 0 Å². The van der Waals surface area contributed by atoms with Crippen LogP contribution in [0.3, 0.4) is 0 Å². The molecule has 0 aromatic heterocycles. The molecule has 0 aliphatic rings. The molecule has 0 bridgehead atoms. The van der Waals surface area contributed by atoms with Crippen molar-refractivity contribution in [2.75, 3.05) is 0 Å². The lowest BCUT2D eigenvalue weighted by atomic mass is 9.50. The van der Waals surface area contributed by atoms with Gasteiger partial charge in [0.25, 0.3) is 0 Å². The van der Waals surface area contributed by atoms with Crippen molar-refractivity contribution in [1.29, 1.82) is 0 Å². The molecule has 0 fully saturated rings. The lowest BCUT2D eigenvalue weighted by Gasteiger charge is -2.55. The maximum Gasteiger partial charge on any atom is -0.0249 e. The summed E-state index contributed by atoms with van der Waals surface area (Å²) >= 11 is 0. The molecule has 0 nitrogen and oxygen atoms in total. The first-order valence-corrected chi connectivity index (χ1v) is 9.26. The van der Waals surface area contributed by atoms with Gasteiger partial charge in [-0.05, 0) is 46.3 Å². The highest BCUT2D eigenvalue weighted by atomic mass is 14.5. The van der Waals surface area contributed by atoms with E-state index in [2.05, 4.69) is 83.1 Å². The third-order valence-electron chi connectivity index (χ3n) is 8.07. The Morgan fingerprint density at radius 3 is 1.38 bits per heavy atom. The average molecular weight is 297 g/mol. The second-order valence-corrected chi connectivity index (χ2v) is 9.60. The molecule has 0 spiro atoms. The van der Waals surface area contributed by atoms with Crippen molar-refractivity contribution in [3.05, 3.63) is 0 Å². The van der Waals surface area contributed by atoms with Crippen LogP contribution in [0.1, 0.15) is 95.9 Å². The van der Waals surface area contributed by atoms with E-state index in [-0.39, 0.29) is 0 Å². The van der Waals surface area contributed by atoms with E-state index >= 15 is 0 Å². The summed E-state index contributed by atoms with van der Waals surface area (Å²) < 4.78 is 0. The smallest absolute Gasteiger partial charge is 0.0249 e. The van der Waals surface area contributed by atoms with Crippen LogP contribution in [0.2, 0.25) is 0 Å². The molecule has 0 radical (unpaired) electrons. The predicted molar refractivity (Wildman–Crippen MR) is 98.6 cm³/mol. The molecule has 128 valence electrons. The Morgan fingerprint density at radius 2 is 1.10 bits per heavy atom. The SMILES string of the molecule is CCCC(C)(C(C)C)C(C)(C)C(C)C(C)C(C)(C)C(C)C. The fraction of sp³-hybridized carbons (Fsp3) is 1.00. The monoisotopic (exact) mass is 296 g/mol. The molecule has 0 aromatic carbocycles. The molecule has 0 heteroatoms. The minimum atomic E-state index is 0.350. The van der Waals surface area contributed by atoms with Gasteiger partial charge < -0.3 is 0 Å². The Hall–Kier alpha value is 0. The summed E-state index contributed by atoms with van der Waals surface area (Å²) in [6, 6.07) is 0. The minimum Gasteiger partial charge on any atom is -0.0654 e. The van der Waals surface area contributed by atoms with Gasteiger partial charge >= 0.3 is 0 Å². The van der Waals surface area contributed by atoms with Crippen molar-refractivity contribution in [2.24, 2.45) is 39.9 Å². The van der Waals surface area contributed by atoms with Crippen LogP contribution in [-0.4, -0.2) is 0 Å². The highest BCUT2D eigenvalue weighted by Crippen LogP contribution is 2.56. The van der Waals surface area contributed by atoms with Gasteiger partial charge in [-0.2, -0.15) is 0 Å². The van der Waals surface area contributed by atoms with E-state index in [1.165, 1.54) is 12.8 Å². The third kappa shape index (κ3) is 3.85. The van der Waals surface area contributed by atoms with Crippen LogP contribution in [0.5, 0.6) is 0 Å². The van der Waals surface area contributed by atoms with E-state index in [0.717, 1.165) is 17.8 Å². The Kier molecular flexibility index (Phi) is 7.05. The highest BCUT2D eigenvalue weighted by Gasteiger charge is 2.49. The second-order valence-electron chi connectivity index (χ2n) is 9.60. The molecule has 0 N–H and O–H groups in total. The molecule has 0 aromatic rings. The lowest BCUT2D eigenvalue weighted by molar-refractivity contribution is -0.0641. The Bertz CT molecular complexity index is 308. The largest absolute Gasteiger partial charge is 0.0654 e. The van der Waals surface area contributed by atoms with Gasteiger partial charge in [0.15, 0.2) is 0 Å². The van der Waals surface area contributed by atoms with Crippen LogP contribution in [-0.2, 0) is 0 Å². The molecule has 21 heavy (non-hydrogen) atoms. The van der Waals surface area contributed by atoms with Gasteiger partial charge in [-0.15, -0.1) is 0 Å². The van der Waals surface area contributed by atoms with E-state index < -0.39 is 0 Å². The first-order chi connectivity index (χ1) is 9.26. The van der Waals surface area contributed by atoms with Crippen LogP contribution in [0, 0.1) is 39.9 Å². The zero-order chi connectivity index (χ0) is 17.2. The summed E-state index contributed by atoms with van der Waals surface area (Å²) in [6.45, 7) is 29.4. The van der Waals surface area contributed by atoms with Gasteiger partial charge in [0.2, 0.25) is 0 Å². The standard InChI is InChI=1S/C21H44/c1-13-14-21(12,16(4)5)20(10,11)18(7)17(6)19(8,9)15(2)3/h15-18H,13-14H2,1-12H3. The summed E-state index contributed by atoms with van der Waals surface area (Å²) in [5.74, 6) is 2.89. The molecule has 3 unspecified atom stereocenters. The minimum absolute atomic E-state index is 0.350. The predicted octanol–water partition coefficient (Wildman–Crippen LogP) is 7.43. The first-order valence-electron chi connectivity index (χ1n) is 9.26. The Labute approximate surface area is 136 Å². The van der Waals surface area contributed by atoms with Gasteiger partial charge in [0, 0.05) is 0 Å². The fourth-order valence-electron chi connectivity index (χ4n) is 4.19. The maximum absolute atomic E-state index is 2.53. The number of hydrogen-bond donors (Lipinski definition) is 0. The van der Waals surface area contributed by atoms with Crippen LogP contribution in [0.15, 0.2) is 0 Å². The summed E-state index contributed by atoms with van der Waals surface area (Å²) in [5.41, 5.74) is 1.14. The summed E-state index contributed by atoms with van der Waals surface area (Å²) in [7, 11) is 0. The zero-order valence-electron chi connectivity index (χ0n) is 17.2. The van der Waals surface area contributed by atoms with Crippen LogP contribution in [0.4, 0.5) is 0 Å². The normalized spacial score (nSPS) is 19.7. The van der Waals surface area contributed by atoms with Crippen molar-refractivity contribution in [3.8, 4) is 0 Å². The summed E-state index contributed by atoms with van der Waals surface area (Å²) in [5, 5.41) is 0. The Morgan fingerprint density at radius 1 is 0.667 bits per heavy atom. The molecule has 0 aliphatic heterocycles. The summed E-state index contributed by atoms with van der Waals surface area (Å²) in [4.78, 5) is 0. The van der Waals surface area contributed by atoms with Gasteiger partial charge in [0.1, 0.15) is 0 Å². The number of rotatable bonds is 8. The molecule has 0 rings (SSSR count). The second kappa shape index (κ2) is 7.05. The fourth-order valence-corrected chi connectivity index (χ4v) is 4.19. The topological polar surface area (TPSA) is 0 Å². The van der Waals surface area contributed by atoms with Crippen molar-refractivity contribution >= 4 is 0 Å². The van der Waals surface area contributed by atoms with Crippen molar-refractivity contribution in [3.63, 3.8) is 0 Å². The van der Waals surface area contributed by atoms with Gasteiger partial charge in [-0.25, -0.2) is 0 Å². The van der Waals surface area contributed by atoms with Gasteiger partial charge in [-0.1, -0.05) is 89.5 Å². The van der Waals surface area contributed by atoms with Crippen molar-refractivity contribution in [2.45, 2.75) is 95.9 Å². The van der Waals surface area contributed by atoms with Gasteiger partial charge in [0.05, 0.1) is 0 Å². The zero-order valence-corrected chi connectivity index (χ0v) is 17.2. The average Bonchev–Trinajstić information content (AvgIpc) is 2.36. The van der Waals surface area contributed by atoms with E-state index in [4.69, 9.17) is 0 Å². The molecule has 0 heterocycles. The third-order valence-corrected chi connectivity index (χ3v) is 8.07. The molecular weight excluding hydrogens is 252 g/mol. The summed E-state index contributed by atoms with van der Waals surface area (Å²) in [6.07, 6.45) is 2.61. The molecule has 0 saturated heterocycles. The van der Waals surface area contributed by atoms with Crippen molar-refractivity contribution < 1.29 is 0 Å². The van der Waals surface area contributed by atoms with Crippen LogP contribution >= 0.6 is 0 Å². The molecule has 0 aliphatic carbocycles. The molecule has 0 amide bonds. The number of hydrogen-bond acceptors (Lipinski definition) is 0. The molecular formula is C21H44. The van der Waals surface area contributed by atoms with Crippen molar-refractivity contribution in [1.82, 2.24) is 0 Å². The van der Waals surface area contributed by atoms with E-state index in [0.29, 0.717) is 22.2 Å². The van der Waals surface area contributed by atoms with E-state index in [1.54, 1.807) is 0 Å². The van der Waals surface area contributed by atoms with Crippen LogP contribution in [0.25, 0.3) is 0 Å². The first kappa shape index (κ1) is 21.0.